The first-order chi connectivity index (χ1) is 13.6. The van der Waals surface area contributed by atoms with Crippen LogP contribution in [0.4, 0.5) is 0 Å². The van der Waals surface area contributed by atoms with Crippen LogP contribution in [0.1, 0.15) is 31.0 Å². The summed E-state index contributed by atoms with van der Waals surface area (Å²) in [4.78, 5) is 16.4. The predicted octanol–water partition coefficient (Wildman–Crippen LogP) is 1.95. The molecular formula is C20H29IN6O2. The number of nitrogens with zero attached hydrogens (tertiary/aromatic N) is 3. The Balaban J connectivity index is 0.00000300. The average Bonchev–Trinajstić information content (AvgIpc) is 3.41. The van der Waals surface area contributed by atoms with Crippen molar-refractivity contribution in [2.24, 2.45) is 12.0 Å². The van der Waals surface area contributed by atoms with Crippen LogP contribution in [-0.2, 0) is 24.9 Å². The van der Waals surface area contributed by atoms with E-state index in [1.807, 2.05) is 49.0 Å². The minimum absolute atomic E-state index is 0. The molecule has 3 rings (SSSR count). The summed E-state index contributed by atoms with van der Waals surface area (Å²) in [5.41, 5.74) is 2.09. The summed E-state index contributed by atoms with van der Waals surface area (Å²) in [5, 5.41) is 13.6. The van der Waals surface area contributed by atoms with Gasteiger partial charge in [-0.1, -0.05) is 12.1 Å². The molecule has 0 aliphatic heterocycles. The van der Waals surface area contributed by atoms with Crippen LogP contribution in [0.3, 0.4) is 0 Å². The topological polar surface area (TPSA) is 92.6 Å². The van der Waals surface area contributed by atoms with Gasteiger partial charge in [-0.05, 0) is 43.5 Å². The Labute approximate surface area is 188 Å². The van der Waals surface area contributed by atoms with Gasteiger partial charge in [0.25, 0.3) is 5.91 Å². The first-order valence-electron chi connectivity index (χ1n) is 9.64. The summed E-state index contributed by atoms with van der Waals surface area (Å²) in [6.45, 7) is 3.99. The lowest BCUT2D eigenvalue weighted by atomic mass is 10.2. The number of aliphatic imine (C=N–C) groups is 1. The fourth-order valence-electron chi connectivity index (χ4n) is 2.64. The smallest absolute Gasteiger partial charge is 0.258 e. The first kappa shape index (κ1) is 23.0. The van der Waals surface area contributed by atoms with Gasteiger partial charge in [-0.15, -0.1) is 24.0 Å². The molecule has 0 saturated heterocycles. The molecule has 1 aromatic carbocycles. The van der Waals surface area contributed by atoms with E-state index in [0.29, 0.717) is 24.9 Å². The van der Waals surface area contributed by atoms with Crippen molar-refractivity contribution >= 4 is 35.8 Å². The van der Waals surface area contributed by atoms with Crippen LogP contribution in [0.2, 0.25) is 0 Å². The summed E-state index contributed by atoms with van der Waals surface area (Å²) in [6, 6.07) is 9.99. The molecule has 2 aromatic rings. The van der Waals surface area contributed by atoms with Gasteiger partial charge in [-0.25, -0.2) is 4.99 Å². The van der Waals surface area contributed by atoms with Gasteiger partial charge in [0.2, 0.25) is 0 Å². The Kier molecular flexibility index (Phi) is 9.23. The maximum Gasteiger partial charge on any atom is 0.258 e. The van der Waals surface area contributed by atoms with Crippen molar-refractivity contribution < 1.29 is 9.53 Å². The fourth-order valence-corrected chi connectivity index (χ4v) is 2.64. The van der Waals surface area contributed by atoms with E-state index in [1.54, 1.807) is 6.20 Å². The van der Waals surface area contributed by atoms with E-state index in [4.69, 9.17) is 4.74 Å². The Morgan fingerprint density at radius 3 is 2.83 bits per heavy atom. The van der Waals surface area contributed by atoms with E-state index < -0.39 is 0 Å². The highest BCUT2D eigenvalue weighted by Crippen LogP contribution is 2.18. The molecule has 158 valence electrons. The van der Waals surface area contributed by atoms with E-state index >= 15 is 0 Å². The third-order valence-electron chi connectivity index (χ3n) is 4.33. The summed E-state index contributed by atoms with van der Waals surface area (Å²) in [7, 11) is 1.91. The number of ether oxygens (including phenoxy) is 1. The number of carbonyl (C=O) groups is 1. The minimum atomic E-state index is -0.0697. The zero-order valence-corrected chi connectivity index (χ0v) is 19.2. The van der Waals surface area contributed by atoms with Gasteiger partial charge in [-0.3, -0.25) is 9.48 Å². The molecule has 1 heterocycles. The summed E-state index contributed by atoms with van der Waals surface area (Å²) < 4.78 is 7.43. The average molecular weight is 512 g/mol. The van der Waals surface area contributed by atoms with E-state index in [-0.39, 0.29) is 36.5 Å². The molecule has 1 aliphatic rings. The quantitative estimate of drug-likeness (QED) is 0.272. The van der Waals surface area contributed by atoms with Crippen molar-refractivity contribution in [3.8, 4) is 5.75 Å². The standard InChI is InChI=1S/C20H28N6O2.HI/c1-3-21-20(23-13-17-9-10-24-26(17)2)22-12-15-5-4-6-18(11-15)28-14-19(27)25-16-7-8-16;/h4-6,9-11,16H,3,7-8,12-14H2,1-2H3,(H,25,27)(H2,21,22,23);1H. The Hall–Kier alpha value is -2.30. The number of carbonyl (C=O) groups excluding carboxylic acids is 1. The van der Waals surface area contributed by atoms with Gasteiger partial charge >= 0.3 is 0 Å². The highest BCUT2D eigenvalue weighted by Gasteiger charge is 2.23. The molecule has 0 unspecified atom stereocenters. The van der Waals surface area contributed by atoms with Gasteiger partial charge in [-0.2, -0.15) is 5.10 Å². The zero-order valence-electron chi connectivity index (χ0n) is 16.9. The van der Waals surface area contributed by atoms with Crippen LogP contribution in [-0.4, -0.2) is 40.8 Å². The minimum Gasteiger partial charge on any atom is -0.484 e. The molecule has 1 fully saturated rings. The largest absolute Gasteiger partial charge is 0.484 e. The van der Waals surface area contributed by atoms with Gasteiger partial charge in [0.05, 0.1) is 18.8 Å². The zero-order chi connectivity index (χ0) is 19.8. The first-order valence-corrected chi connectivity index (χ1v) is 9.64. The Bertz CT molecular complexity index is 819. The van der Waals surface area contributed by atoms with Gasteiger partial charge in [0.1, 0.15) is 5.75 Å². The van der Waals surface area contributed by atoms with Gasteiger partial charge in [0.15, 0.2) is 12.6 Å². The maximum absolute atomic E-state index is 11.8. The molecule has 1 amide bonds. The highest BCUT2D eigenvalue weighted by molar-refractivity contribution is 14.0. The summed E-state index contributed by atoms with van der Waals surface area (Å²) >= 11 is 0. The lowest BCUT2D eigenvalue weighted by Gasteiger charge is -2.12. The molecule has 0 radical (unpaired) electrons. The van der Waals surface area contributed by atoms with E-state index in [1.165, 1.54) is 0 Å². The normalized spacial score (nSPS) is 13.4. The molecule has 0 atom stereocenters. The van der Waals surface area contributed by atoms with E-state index in [0.717, 1.165) is 36.6 Å². The van der Waals surface area contributed by atoms with Crippen molar-refractivity contribution in [3.63, 3.8) is 0 Å². The number of aromatic nitrogens is 2. The van der Waals surface area contributed by atoms with Crippen LogP contribution < -0.4 is 20.7 Å². The molecule has 1 saturated carbocycles. The van der Waals surface area contributed by atoms with Crippen molar-refractivity contribution in [1.29, 1.82) is 0 Å². The van der Waals surface area contributed by atoms with E-state index in [9.17, 15) is 4.79 Å². The molecule has 1 aromatic heterocycles. The maximum atomic E-state index is 11.8. The number of halogens is 1. The summed E-state index contributed by atoms with van der Waals surface area (Å²) in [5.74, 6) is 1.34. The second-order valence-electron chi connectivity index (χ2n) is 6.77. The third-order valence-corrected chi connectivity index (χ3v) is 4.33. The SMILES string of the molecule is CCNC(=NCc1cccc(OCC(=O)NC2CC2)c1)NCc1ccnn1C.I. The van der Waals surface area contributed by atoms with E-state index in [2.05, 4.69) is 26.0 Å². The van der Waals surface area contributed by atoms with Crippen molar-refractivity contribution in [3.05, 3.63) is 47.8 Å². The lowest BCUT2D eigenvalue weighted by Crippen LogP contribution is -2.37. The summed E-state index contributed by atoms with van der Waals surface area (Å²) in [6.07, 6.45) is 3.92. The van der Waals surface area contributed by atoms with Crippen molar-refractivity contribution in [2.45, 2.75) is 38.9 Å². The second-order valence-corrected chi connectivity index (χ2v) is 6.77. The molecular weight excluding hydrogens is 483 g/mol. The van der Waals surface area contributed by atoms with Gasteiger partial charge in [0, 0.05) is 25.8 Å². The Morgan fingerprint density at radius 2 is 2.14 bits per heavy atom. The molecule has 1 aliphatic carbocycles. The monoisotopic (exact) mass is 512 g/mol. The number of hydrogen-bond acceptors (Lipinski definition) is 4. The fraction of sp³-hybridized carbons (Fsp3) is 0.450. The number of benzene rings is 1. The number of hydrogen-bond donors (Lipinski definition) is 3. The van der Waals surface area contributed by atoms with Crippen LogP contribution >= 0.6 is 24.0 Å². The van der Waals surface area contributed by atoms with Crippen molar-refractivity contribution in [2.75, 3.05) is 13.2 Å². The molecule has 3 N–H and O–H groups in total. The number of amides is 1. The molecule has 0 spiro atoms. The van der Waals surface area contributed by atoms with Gasteiger partial charge < -0.3 is 20.7 Å². The number of guanidine groups is 1. The molecule has 0 bridgehead atoms. The van der Waals surface area contributed by atoms with Crippen molar-refractivity contribution in [1.82, 2.24) is 25.7 Å². The number of rotatable bonds is 9. The molecule has 8 nitrogen and oxygen atoms in total. The third kappa shape index (κ3) is 7.92. The van der Waals surface area contributed by atoms with Crippen LogP contribution in [0.25, 0.3) is 0 Å². The van der Waals surface area contributed by atoms with Crippen LogP contribution in [0.15, 0.2) is 41.5 Å². The lowest BCUT2D eigenvalue weighted by molar-refractivity contribution is -0.123. The Morgan fingerprint density at radius 1 is 1.31 bits per heavy atom. The number of nitrogens with one attached hydrogen (secondary N) is 3. The number of aryl methyl sites for hydroxylation is 1. The van der Waals surface area contributed by atoms with Crippen LogP contribution in [0, 0.1) is 0 Å². The second kappa shape index (κ2) is 11.6. The predicted molar refractivity (Wildman–Crippen MR) is 123 cm³/mol. The molecule has 29 heavy (non-hydrogen) atoms. The highest BCUT2D eigenvalue weighted by atomic mass is 127. The van der Waals surface area contributed by atoms with Crippen LogP contribution in [0.5, 0.6) is 5.75 Å². The molecule has 9 heteroatoms.